The van der Waals surface area contributed by atoms with Crippen molar-refractivity contribution < 1.29 is 9.21 Å². The summed E-state index contributed by atoms with van der Waals surface area (Å²) in [4.78, 5) is 14.4. The van der Waals surface area contributed by atoms with Gasteiger partial charge in [0.05, 0.1) is 12.1 Å². The second-order valence-electron chi connectivity index (χ2n) is 5.27. The maximum Gasteiger partial charge on any atom is 0.256 e. The monoisotopic (exact) mass is 306 g/mol. The Bertz CT molecular complexity index is 649. The third kappa shape index (κ3) is 3.58. The minimum absolute atomic E-state index is 0.0259. The van der Waals surface area contributed by atoms with Crippen LogP contribution in [0.5, 0.6) is 0 Å². The smallest absolute Gasteiger partial charge is 0.256 e. The van der Waals surface area contributed by atoms with Gasteiger partial charge in [0.25, 0.3) is 5.91 Å². The molecule has 0 unspecified atom stereocenters. The van der Waals surface area contributed by atoms with Crippen LogP contribution >= 0.6 is 11.6 Å². The third-order valence-electron chi connectivity index (χ3n) is 3.25. The maximum atomic E-state index is 12.7. The first-order chi connectivity index (χ1) is 9.88. The van der Waals surface area contributed by atoms with Crippen LogP contribution in [0.3, 0.4) is 0 Å². The maximum absolute atomic E-state index is 12.7. The van der Waals surface area contributed by atoms with Crippen molar-refractivity contribution in [3.63, 3.8) is 0 Å². The first-order valence-electron chi connectivity index (χ1n) is 6.80. The number of carbonyl (C=O) groups excluding carboxylic acids is 1. The number of halogens is 1. The number of nitrogens with two attached hydrogens (primary N) is 1. The van der Waals surface area contributed by atoms with E-state index < -0.39 is 0 Å². The lowest BCUT2D eigenvalue weighted by molar-refractivity contribution is 0.0676. The number of nitrogen functional groups attached to an aromatic ring is 1. The normalized spacial score (nSPS) is 10.9. The molecule has 2 N–H and O–H groups in total. The standard InChI is InChI=1S/C16H19ClN2O2/c1-10(2)19(9-13-6-4-11(3)21-13)16(20)14-7-5-12(17)8-15(14)18/h4-8,10H,9,18H2,1-3H3. The number of amides is 1. The summed E-state index contributed by atoms with van der Waals surface area (Å²) in [6.07, 6.45) is 0. The van der Waals surface area contributed by atoms with Crippen molar-refractivity contribution in [1.29, 1.82) is 0 Å². The topological polar surface area (TPSA) is 59.5 Å². The minimum Gasteiger partial charge on any atom is -0.464 e. The molecule has 0 saturated carbocycles. The number of benzene rings is 1. The molecule has 1 aromatic carbocycles. The molecular weight excluding hydrogens is 288 g/mol. The minimum atomic E-state index is -0.131. The van der Waals surface area contributed by atoms with Gasteiger partial charge in [-0.25, -0.2) is 0 Å². The molecule has 1 aromatic heterocycles. The van der Waals surface area contributed by atoms with Gasteiger partial charge in [-0.2, -0.15) is 0 Å². The molecule has 2 aromatic rings. The van der Waals surface area contributed by atoms with Crippen LogP contribution in [0.25, 0.3) is 0 Å². The Balaban J connectivity index is 2.27. The highest BCUT2D eigenvalue weighted by Crippen LogP contribution is 2.22. The SMILES string of the molecule is Cc1ccc(CN(C(=O)c2ccc(Cl)cc2N)C(C)C)o1. The summed E-state index contributed by atoms with van der Waals surface area (Å²) >= 11 is 5.88. The van der Waals surface area contributed by atoms with E-state index in [2.05, 4.69) is 0 Å². The molecule has 0 fully saturated rings. The number of nitrogens with zero attached hydrogens (tertiary/aromatic N) is 1. The summed E-state index contributed by atoms with van der Waals surface area (Å²) in [6, 6.07) is 8.70. The molecule has 21 heavy (non-hydrogen) atoms. The quantitative estimate of drug-likeness (QED) is 0.872. The predicted molar refractivity (Wildman–Crippen MR) is 84.3 cm³/mol. The largest absolute Gasteiger partial charge is 0.464 e. The summed E-state index contributed by atoms with van der Waals surface area (Å²) in [5, 5.41) is 0.516. The third-order valence-corrected chi connectivity index (χ3v) is 3.49. The van der Waals surface area contributed by atoms with Crippen LogP contribution in [0, 0.1) is 6.92 Å². The van der Waals surface area contributed by atoms with E-state index >= 15 is 0 Å². The zero-order chi connectivity index (χ0) is 15.6. The molecule has 0 atom stereocenters. The Morgan fingerprint density at radius 3 is 2.57 bits per heavy atom. The fraction of sp³-hybridized carbons (Fsp3) is 0.312. The average molecular weight is 307 g/mol. The van der Waals surface area contributed by atoms with Gasteiger partial charge >= 0.3 is 0 Å². The summed E-state index contributed by atoms with van der Waals surface area (Å²) < 4.78 is 5.55. The van der Waals surface area contributed by atoms with Crippen LogP contribution in [-0.2, 0) is 6.54 Å². The van der Waals surface area contributed by atoms with E-state index in [0.717, 1.165) is 11.5 Å². The Morgan fingerprint density at radius 2 is 2.05 bits per heavy atom. The molecule has 4 nitrogen and oxygen atoms in total. The summed E-state index contributed by atoms with van der Waals surface area (Å²) in [5.41, 5.74) is 6.74. The molecule has 112 valence electrons. The summed E-state index contributed by atoms with van der Waals surface area (Å²) in [7, 11) is 0. The number of hydrogen-bond donors (Lipinski definition) is 1. The highest BCUT2D eigenvalue weighted by molar-refractivity contribution is 6.31. The van der Waals surface area contributed by atoms with E-state index in [-0.39, 0.29) is 11.9 Å². The van der Waals surface area contributed by atoms with Gasteiger partial charge in [-0.3, -0.25) is 4.79 Å². The van der Waals surface area contributed by atoms with Crippen molar-refractivity contribution in [3.05, 3.63) is 52.4 Å². The highest BCUT2D eigenvalue weighted by atomic mass is 35.5. The van der Waals surface area contributed by atoms with Crippen molar-refractivity contribution in [3.8, 4) is 0 Å². The first kappa shape index (κ1) is 15.4. The molecule has 1 heterocycles. The number of hydrogen-bond acceptors (Lipinski definition) is 3. The van der Waals surface area contributed by atoms with Crippen LogP contribution in [0.15, 0.2) is 34.7 Å². The lowest BCUT2D eigenvalue weighted by atomic mass is 10.1. The van der Waals surface area contributed by atoms with E-state index in [9.17, 15) is 4.79 Å². The molecule has 0 saturated heterocycles. The zero-order valence-electron chi connectivity index (χ0n) is 12.4. The first-order valence-corrected chi connectivity index (χ1v) is 7.17. The van der Waals surface area contributed by atoms with Crippen molar-refractivity contribution in [2.75, 3.05) is 5.73 Å². The molecule has 0 aliphatic carbocycles. The van der Waals surface area contributed by atoms with E-state index in [1.54, 1.807) is 23.1 Å². The number of rotatable bonds is 4. The highest BCUT2D eigenvalue weighted by Gasteiger charge is 2.22. The van der Waals surface area contributed by atoms with Crippen molar-refractivity contribution in [1.82, 2.24) is 4.90 Å². The van der Waals surface area contributed by atoms with E-state index in [4.69, 9.17) is 21.8 Å². The van der Waals surface area contributed by atoms with Gasteiger partial charge in [-0.1, -0.05) is 11.6 Å². The fourth-order valence-corrected chi connectivity index (χ4v) is 2.29. The number of anilines is 1. The van der Waals surface area contributed by atoms with Crippen LogP contribution in [-0.4, -0.2) is 16.8 Å². The van der Waals surface area contributed by atoms with Gasteiger partial charge in [-0.05, 0) is 51.1 Å². The summed E-state index contributed by atoms with van der Waals surface area (Å²) in [6.45, 7) is 6.20. The van der Waals surface area contributed by atoms with Crippen molar-refractivity contribution in [2.24, 2.45) is 0 Å². The molecule has 0 aliphatic heterocycles. The van der Waals surface area contributed by atoms with Gasteiger partial charge in [0.15, 0.2) is 0 Å². The molecule has 1 amide bonds. The van der Waals surface area contributed by atoms with E-state index in [0.29, 0.717) is 22.8 Å². The Labute approximate surface area is 129 Å². The molecule has 5 heteroatoms. The van der Waals surface area contributed by atoms with Crippen LogP contribution in [0.4, 0.5) is 5.69 Å². The van der Waals surface area contributed by atoms with E-state index in [1.165, 1.54) is 0 Å². The van der Waals surface area contributed by atoms with Crippen LogP contribution in [0.1, 0.15) is 35.7 Å². The van der Waals surface area contributed by atoms with Gasteiger partial charge < -0.3 is 15.1 Å². The second kappa shape index (κ2) is 6.22. The molecule has 0 radical (unpaired) electrons. The van der Waals surface area contributed by atoms with Crippen LogP contribution in [0.2, 0.25) is 5.02 Å². The van der Waals surface area contributed by atoms with Gasteiger partial charge in [-0.15, -0.1) is 0 Å². The van der Waals surface area contributed by atoms with Gasteiger partial charge in [0.1, 0.15) is 11.5 Å². The Morgan fingerprint density at radius 1 is 1.33 bits per heavy atom. The van der Waals surface area contributed by atoms with Crippen molar-refractivity contribution in [2.45, 2.75) is 33.4 Å². The van der Waals surface area contributed by atoms with Crippen LogP contribution < -0.4 is 5.73 Å². The Kier molecular flexibility index (Phi) is 4.58. The number of furan rings is 1. The number of aryl methyl sites for hydroxylation is 1. The lowest BCUT2D eigenvalue weighted by Gasteiger charge is -2.26. The molecule has 0 spiro atoms. The fourth-order valence-electron chi connectivity index (χ4n) is 2.11. The summed E-state index contributed by atoms with van der Waals surface area (Å²) in [5.74, 6) is 1.45. The molecule has 0 aliphatic rings. The lowest BCUT2D eigenvalue weighted by Crippen LogP contribution is -2.36. The Hall–Kier alpha value is -1.94. The van der Waals surface area contributed by atoms with E-state index in [1.807, 2.05) is 32.9 Å². The molecule has 2 rings (SSSR count). The molecular formula is C16H19ClN2O2. The number of carbonyl (C=O) groups is 1. The zero-order valence-corrected chi connectivity index (χ0v) is 13.1. The molecule has 0 bridgehead atoms. The second-order valence-corrected chi connectivity index (χ2v) is 5.71. The van der Waals surface area contributed by atoms with Gasteiger partial charge in [0, 0.05) is 16.8 Å². The average Bonchev–Trinajstić information content (AvgIpc) is 2.80. The van der Waals surface area contributed by atoms with Crippen molar-refractivity contribution >= 4 is 23.2 Å². The predicted octanol–water partition coefficient (Wildman–Crippen LogP) is 3.87. The van der Waals surface area contributed by atoms with Gasteiger partial charge in [0.2, 0.25) is 0 Å².